The second-order valence-electron chi connectivity index (χ2n) is 7.07. The summed E-state index contributed by atoms with van der Waals surface area (Å²) in [6.07, 6.45) is 0. The Balaban J connectivity index is 1.58. The molecule has 0 aliphatic carbocycles. The van der Waals surface area contributed by atoms with E-state index in [0.717, 1.165) is 5.56 Å². The molecule has 0 N–H and O–H groups in total. The van der Waals surface area contributed by atoms with Crippen LogP contribution in [0.2, 0.25) is 5.02 Å². The average molecular weight is 472 g/mol. The van der Waals surface area contributed by atoms with E-state index < -0.39 is 21.8 Å². The van der Waals surface area contributed by atoms with E-state index in [4.69, 9.17) is 24.9 Å². The first kappa shape index (κ1) is 21.9. The Kier molecular flexibility index (Phi) is 5.90. The third-order valence-electron chi connectivity index (χ3n) is 4.69. The molecular formula is C23H18ClNO6S. The van der Waals surface area contributed by atoms with Crippen molar-refractivity contribution in [2.75, 3.05) is 7.11 Å². The number of carbonyl (C=O) groups is 1. The summed E-state index contributed by atoms with van der Waals surface area (Å²) >= 11 is 6.28. The van der Waals surface area contributed by atoms with Crippen LogP contribution in [-0.4, -0.2) is 26.5 Å². The van der Waals surface area contributed by atoms with E-state index in [2.05, 4.69) is 4.98 Å². The summed E-state index contributed by atoms with van der Waals surface area (Å²) in [7, 11) is -2.88. The van der Waals surface area contributed by atoms with Crippen LogP contribution in [0.4, 0.5) is 0 Å². The molecule has 32 heavy (non-hydrogen) atoms. The third kappa shape index (κ3) is 4.61. The number of oxazole rings is 1. The van der Waals surface area contributed by atoms with Gasteiger partial charge in [0.2, 0.25) is 5.89 Å². The maximum atomic E-state index is 12.6. The van der Waals surface area contributed by atoms with Gasteiger partial charge in [0.25, 0.3) is 0 Å². The van der Waals surface area contributed by atoms with Gasteiger partial charge in [0.15, 0.2) is 11.3 Å². The number of esters is 1. The van der Waals surface area contributed by atoms with E-state index in [1.807, 2.05) is 25.1 Å². The fourth-order valence-corrected chi connectivity index (χ4v) is 4.54. The van der Waals surface area contributed by atoms with E-state index in [9.17, 15) is 13.2 Å². The maximum absolute atomic E-state index is 12.6. The lowest BCUT2D eigenvalue weighted by Gasteiger charge is -2.11. The Bertz CT molecular complexity index is 1430. The van der Waals surface area contributed by atoms with Crippen LogP contribution < -0.4 is 4.18 Å². The molecular weight excluding hydrogens is 454 g/mol. The summed E-state index contributed by atoms with van der Waals surface area (Å²) in [5.74, 6) is -0.848. The van der Waals surface area contributed by atoms with Crippen molar-refractivity contribution < 1.29 is 26.5 Å². The minimum Gasteiger partial charge on any atom is -0.465 e. The van der Waals surface area contributed by atoms with Crippen LogP contribution in [0.5, 0.6) is 5.75 Å². The van der Waals surface area contributed by atoms with Crippen molar-refractivity contribution in [3.8, 4) is 17.2 Å². The number of methoxy groups -OCH3 is 1. The van der Waals surface area contributed by atoms with Crippen molar-refractivity contribution in [1.29, 1.82) is 0 Å². The number of aromatic nitrogens is 1. The van der Waals surface area contributed by atoms with Crippen LogP contribution in [-0.2, 0) is 20.6 Å². The molecule has 0 radical (unpaired) electrons. The van der Waals surface area contributed by atoms with E-state index in [1.54, 1.807) is 18.2 Å². The number of rotatable bonds is 6. The van der Waals surface area contributed by atoms with Gasteiger partial charge in [0, 0.05) is 5.56 Å². The largest absolute Gasteiger partial charge is 0.465 e. The Morgan fingerprint density at radius 3 is 2.62 bits per heavy atom. The quantitative estimate of drug-likeness (QED) is 0.283. The Morgan fingerprint density at radius 1 is 1.09 bits per heavy atom. The number of nitrogens with zero attached hydrogens (tertiary/aromatic N) is 1. The fraction of sp³-hybridized carbons (Fsp3) is 0.130. The Hall–Kier alpha value is -3.36. The van der Waals surface area contributed by atoms with Gasteiger partial charge in [-0.2, -0.15) is 8.42 Å². The zero-order valence-corrected chi connectivity index (χ0v) is 18.7. The number of fused-ring (bicyclic) bond motifs is 1. The highest BCUT2D eigenvalue weighted by Gasteiger charge is 2.21. The SMILES string of the molecule is COC(=O)c1ccccc1CS(=O)(=O)Oc1ccc(-c2nc3ccc(C)cc3o2)cc1Cl. The number of ether oxygens (including phenoxy) is 1. The molecule has 3 aromatic carbocycles. The predicted molar refractivity (Wildman–Crippen MR) is 120 cm³/mol. The smallest absolute Gasteiger partial charge is 0.338 e. The lowest BCUT2D eigenvalue weighted by molar-refractivity contribution is 0.0600. The lowest BCUT2D eigenvalue weighted by Crippen LogP contribution is -2.15. The summed E-state index contributed by atoms with van der Waals surface area (Å²) in [5, 5.41) is 0.0748. The lowest BCUT2D eigenvalue weighted by atomic mass is 10.1. The molecule has 1 heterocycles. The predicted octanol–water partition coefficient (Wildman–Crippen LogP) is 5.15. The molecule has 164 valence electrons. The average Bonchev–Trinajstić information content (AvgIpc) is 3.17. The van der Waals surface area contributed by atoms with Gasteiger partial charge in [-0.3, -0.25) is 0 Å². The van der Waals surface area contributed by atoms with Crippen molar-refractivity contribution in [3.63, 3.8) is 0 Å². The van der Waals surface area contributed by atoms with Crippen molar-refractivity contribution >= 4 is 38.8 Å². The first-order valence-corrected chi connectivity index (χ1v) is 11.5. The molecule has 0 aliphatic rings. The Morgan fingerprint density at radius 2 is 1.88 bits per heavy atom. The van der Waals surface area contributed by atoms with Crippen LogP contribution in [0.3, 0.4) is 0 Å². The molecule has 0 saturated carbocycles. The molecule has 0 spiro atoms. The van der Waals surface area contributed by atoms with Gasteiger partial charge in [0.1, 0.15) is 11.3 Å². The van der Waals surface area contributed by atoms with E-state index in [0.29, 0.717) is 22.6 Å². The standard InChI is InChI=1S/C23H18ClNO6S/c1-14-7-9-19-21(11-14)30-22(25-19)15-8-10-20(18(24)12-15)31-32(27,28)13-16-5-3-4-6-17(16)23(26)29-2/h3-12H,13H2,1-2H3. The number of hydrogen-bond donors (Lipinski definition) is 0. The highest BCUT2D eigenvalue weighted by molar-refractivity contribution is 7.86. The molecule has 7 nitrogen and oxygen atoms in total. The van der Waals surface area contributed by atoms with Crippen LogP contribution in [0.15, 0.2) is 65.1 Å². The van der Waals surface area contributed by atoms with Gasteiger partial charge in [-0.15, -0.1) is 0 Å². The Labute approximate surface area is 189 Å². The highest BCUT2D eigenvalue weighted by Crippen LogP contribution is 2.33. The minimum atomic E-state index is -4.11. The van der Waals surface area contributed by atoms with E-state index in [1.165, 1.54) is 31.4 Å². The van der Waals surface area contributed by atoms with Gasteiger partial charge >= 0.3 is 16.1 Å². The summed E-state index contributed by atoms with van der Waals surface area (Å²) in [5.41, 5.74) is 3.37. The summed E-state index contributed by atoms with van der Waals surface area (Å²) in [6, 6.07) is 16.5. The molecule has 0 atom stereocenters. The maximum Gasteiger partial charge on any atom is 0.338 e. The van der Waals surface area contributed by atoms with Crippen LogP contribution >= 0.6 is 11.6 Å². The van der Waals surface area contributed by atoms with Crippen molar-refractivity contribution in [3.05, 3.63) is 82.4 Å². The van der Waals surface area contributed by atoms with E-state index >= 15 is 0 Å². The van der Waals surface area contributed by atoms with E-state index in [-0.39, 0.29) is 21.9 Å². The highest BCUT2D eigenvalue weighted by atomic mass is 35.5. The number of carbonyl (C=O) groups excluding carboxylic acids is 1. The first-order chi connectivity index (χ1) is 15.3. The van der Waals surface area contributed by atoms with Gasteiger partial charge in [-0.25, -0.2) is 9.78 Å². The zero-order chi connectivity index (χ0) is 22.9. The molecule has 0 aliphatic heterocycles. The monoisotopic (exact) mass is 471 g/mol. The second-order valence-corrected chi connectivity index (χ2v) is 9.05. The molecule has 0 amide bonds. The molecule has 4 aromatic rings. The third-order valence-corrected chi connectivity index (χ3v) is 6.09. The van der Waals surface area contributed by atoms with Crippen molar-refractivity contribution in [2.24, 2.45) is 0 Å². The zero-order valence-electron chi connectivity index (χ0n) is 17.2. The van der Waals surface area contributed by atoms with Crippen LogP contribution in [0.25, 0.3) is 22.6 Å². The normalized spacial score (nSPS) is 11.5. The molecule has 0 fully saturated rings. The summed E-state index contributed by atoms with van der Waals surface area (Å²) in [4.78, 5) is 16.3. The summed E-state index contributed by atoms with van der Waals surface area (Å²) < 4.78 is 40.9. The fourth-order valence-electron chi connectivity index (χ4n) is 3.17. The van der Waals surface area contributed by atoms with Gasteiger partial charge in [-0.1, -0.05) is 35.9 Å². The molecule has 0 saturated heterocycles. The molecule has 0 unspecified atom stereocenters. The van der Waals surface area contributed by atoms with Gasteiger partial charge in [-0.05, 0) is 54.4 Å². The molecule has 1 aromatic heterocycles. The van der Waals surface area contributed by atoms with Crippen molar-refractivity contribution in [2.45, 2.75) is 12.7 Å². The van der Waals surface area contributed by atoms with Crippen LogP contribution in [0, 0.1) is 6.92 Å². The topological polar surface area (TPSA) is 95.7 Å². The van der Waals surface area contributed by atoms with Gasteiger partial charge in [0.05, 0.1) is 17.7 Å². The molecule has 4 rings (SSSR count). The molecule has 0 bridgehead atoms. The van der Waals surface area contributed by atoms with Crippen molar-refractivity contribution in [1.82, 2.24) is 4.98 Å². The number of halogens is 1. The number of hydrogen-bond acceptors (Lipinski definition) is 7. The minimum absolute atomic E-state index is 0.0436. The number of aryl methyl sites for hydroxylation is 1. The van der Waals surface area contributed by atoms with Crippen LogP contribution in [0.1, 0.15) is 21.5 Å². The van der Waals surface area contributed by atoms with Gasteiger partial charge < -0.3 is 13.3 Å². The number of benzene rings is 3. The summed E-state index contributed by atoms with van der Waals surface area (Å²) in [6.45, 7) is 1.95. The molecule has 9 heteroatoms. The second kappa shape index (κ2) is 8.64. The first-order valence-electron chi connectivity index (χ1n) is 9.51.